The summed E-state index contributed by atoms with van der Waals surface area (Å²) in [7, 11) is 3.03. The number of carbonyl (C=O) groups is 4. The summed E-state index contributed by atoms with van der Waals surface area (Å²) in [6.07, 6.45) is -12.5. The first-order valence-electron chi connectivity index (χ1n) is 20.1. The van der Waals surface area contributed by atoms with E-state index < -0.39 is 102 Å². The molecule has 1 N–H and O–H groups in total. The Balaban J connectivity index is 1.59. The van der Waals surface area contributed by atoms with Crippen LogP contribution in [0.3, 0.4) is 0 Å². The van der Waals surface area contributed by atoms with Crippen molar-refractivity contribution in [2.75, 3.05) is 34.0 Å². The topological polar surface area (TPSA) is 191 Å². The molecule has 20 heteroatoms. The number of alkyl carbamates (subject to hydrolysis) is 1. The average Bonchev–Trinajstić information content (AvgIpc) is 3.26. The minimum Gasteiger partial charge on any atom is -0.497 e. The average molecular weight is 957 g/mol. The van der Waals surface area contributed by atoms with Crippen molar-refractivity contribution in [2.45, 2.75) is 106 Å². The fourth-order valence-corrected chi connectivity index (χ4v) is 7.10. The molecule has 350 valence electrons. The summed E-state index contributed by atoms with van der Waals surface area (Å²) in [6, 6.07) is 24.5. The van der Waals surface area contributed by atoms with Crippen molar-refractivity contribution in [3.63, 3.8) is 0 Å². The molecule has 0 spiro atoms. The van der Waals surface area contributed by atoms with Gasteiger partial charge < -0.3 is 62.2 Å². The summed E-state index contributed by atoms with van der Waals surface area (Å²) in [5, 5.41) is 2.57. The molecular weight excluding hydrogens is 905 g/mol. The van der Waals surface area contributed by atoms with Crippen LogP contribution < -0.4 is 10.1 Å². The Kier molecular flexibility index (Phi) is 19.7. The summed E-state index contributed by atoms with van der Waals surface area (Å²) in [5.74, 6) is -1.70. The van der Waals surface area contributed by atoms with E-state index in [2.05, 4.69) is 5.32 Å². The summed E-state index contributed by atoms with van der Waals surface area (Å²) in [5.41, 5.74) is 2.46. The van der Waals surface area contributed by atoms with E-state index >= 15 is 0 Å². The van der Waals surface area contributed by atoms with Gasteiger partial charge in [-0.3, -0.25) is 14.4 Å². The molecule has 0 saturated carbocycles. The van der Waals surface area contributed by atoms with Crippen LogP contribution >= 0.6 is 34.8 Å². The zero-order valence-corrected chi connectivity index (χ0v) is 38.0. The van der Waals surface area contributed by atoms with E-state index in [-0.39, 0.29) is 26.4 Å². The molecule has 0 radical (unpaired) electrons. The first kappa shape index (κ1) is 50.7. The van der Waals surface area contributed by atoms with E-state index in [1.807, 2.05) is 72.8 Å². The van der Waals surface area contributed by atoms with Crippen LogP contribution in [0.4, 0.5) is 4.79 Å². The second kappa shape index (κ2) is 24.9. The van der Waals surface area contributed by atoms with Crippen LogP contribution in [0.2, 0.25) is 0 Å². The minimum atomic E-state index is -2.00. The van der Waals surface area contributed by atoms with E-state index in [1.165, 1.54) is 14.0 Å². The number of hydrogen-bond donors (Lipinski definition) is 1. The number of benzene rings is 3. The molecule has 1 amide bonds. The van der Waals surface area contributed by atoms with Crippen LogP contribution in [-0.4, -0.2) is 123 Å². The fourth-order valence-electron chi connectivity index (χ4n) is 6.93. The molecule has 64 heavy (non-hydrogen) atoms. The standard InChI is InChI=1S/C44H52Cl3NO16/c1-26(49)56-24-34-36(60-27(2)50)38(61-28(3)51)35(48-43(52)59-25-44(45,46)47)41(62-34)64-37-33(23-55-20-31-16-18-32(53-4)19-17-31)63-42(54-5)40(58-22-30-14-10-7-11-15-30)39(37)57-21-29-12-8-6-9-13-29/h6-19,33-42H,20-25H2,1-5H3,(H,48,52)/t33-,34-,35-,36-,37-,38-,39+,40-,41+,42-/m1/s1. The lowest BCUT2D eigenvalue weighted by atomic mass is 9.94. The van der Waals surface area contributed by atoms with Gasteiger partial charge in [0.05, 0.1) is 33.5 Å². The normalized spacial score (nSPS) is 25.7. The Hall–Kier alpha value is -4.27. The van der Waals surface area contributed by atoms with E-state index in [0.717, 1.165) is 30.5 Å². The van der Waals surface area contributed by atoms with E-state index in [0.29, 0.717) is 5.75 Å². The molecule has 2 aliphatic rings. The van der Waals surface area contributed by atoms with Crippen LogP contribution in [0.25, 0.3) is 0 Å². The second-order valence-corrected chi connectivity index (χ2v) is 17.1. The largest absolute Gasteiger partial charge is 0.497 e. The summed E-state index contributed by atoms with van der Waals surface area (Å²) >= 11 is 17.6. The number of methoxy groups -OCH3 is 2. The highest BCUT2D eigenvalue weighted by atomic mass is 35.6. The van der Waals surface area contributed by atoms with E-state index in [4.69, 9.17) is 91.6 Å². The molecule has 0 aliphatic carbocycles. The van der Waals surface area contributed by atoms with Gasteiger partial charge in [-0.25, -0.2) is 4.79 Å². The number of nitrogens with one attached hydrogen (secondary N) is 1. The Labute approximate surface area is 385 Å². The number of ether oxygens (including phenoxy) is 12. The van der Waals surface area contributed by atoms with Gasteiger partial charge in [0.15, 0.2) is 24.8 Å². The number of amides is 1. The highest BCUT2D eigenvalue weighted by Crippen LogP contribution is 2.35. The first-order valence-corrected chi connectivity index (χ1v) is 21.3. The molecule has 2 heterocycles. The molecule has 17 nitrogen and oxygen atoms in total. The molecule has 2 aliphatic heterocycles. The van der Waals surface area contributed by atoms with Gasteiger partial charge in [-0.15, -0.1) is 0 Å². The predicted molar refractivity (Wildman–Crippen MR) is 228 cm³/mol. The molecule has 0 aromatic heterocycles. The van der Waals surface area contributed by atoms with Crippen LogP contribution in [-0.2, 0) is 86.3 Å². The summed E-state index contributed by atoms with van der Waals surface area (Å²) < 4.78 is 70.5. The molecule has 5 rings (SSSR count). The van der Waals surface area contributed by atoms with Crippen molar-refractivity contribution < 1.29 is 76.0 Å². The molecule has 0 unspecified atom stereocenters. The molecule has 2 fully saturated rings. The molecule has 3 aromatic carbocycles. The third-order valence-corrected chi connectivity index (χ3v) is 10.1. The van der Waals surface area contributed by atoms with E-state index in [9.17, 15) is 19.2 Å². The minimum absolute atomic E-state index is 0.0582. The number of carbonyl (C=O) groups excluding carboxylic acids is 4. The monoisotopic (exact) mass is 955 g/mol. The Morgan fingerprint density at radius 2 is 1.16 bits per heavy atom. The van der Waals surface area contributed by atoms with Crippen molar-refractivity contribution in [3.8, 4) is 5.75 Å². The number of hydrogen-bond acceptors (Lipinski definition) is 16. The lowest BCUT2D eigenvalue weighted by molar-refractivity contribution is -0.356. The highest BCUT2D eigenvalue weighted by molar-refractivity contribution is 6.67. The smallest absolute Gasteiger partial charge is 0.407 e. The number of halogens is 3. The van der Waals surface area contributed by atoms with Crippen molar-refractivity contribution in [3.05, 3.63) is 102 Å². The van der Waals surface area contributed by atoms with Crippen molar-refractivity contribution >= 4 is 58.8 Å². The molecule has 2 saturated heterocycles. The maximum atomic E-state index is 13.5. The molecule has 10 atom stereocenters. The van der Waals surface area contributed by atoms with Crippen LogP contribution in [0, 0.1) is 0 Å². The third kappa shape index (κ3) is 15.7. The predicted octanol–water partition coefficient (Wildman–Crippen LogP) is 5.76. The Morgan fingerprint density at radius 3 is 1.70 bits per heavy atom. The van der Waals surface area contributed by atoms with Gasteiger partial charge in [0.2, 0.25) is 3.79 Å². The summed E-state index contributed by atoms with van der Waals surface area (Å²) in [4.78, 5) is 50.9. The Bertz CT molecular complexity index is 1930. The van der Waals surface area contributed by atoms with Crippen LogP contribution in [0.15, 0.2) is 84.9 Å². The lowest BCUT2D eigenvalue weighted by Gasteiger charge is -2.49. The lowest BCUT2D eigenvalue weighted by Crippen LogP contribution is -2.69. The van der Waals surface area contributed by atoms with Crippen molar-refractivity contribution in [1.82, 2.24) is 5.32 Å². The number of alkyl halides is 3. The van der Waals surface area contributed by atoms with Crippen molar-refractivity contribution in [1.29, 1.82) is 0 Å². The zero-order valence-electron chi connectivity index (χ0n) is 35.8. The highest BCUT2D eigenvalue weighted by Gasteiger charge is 2.56. The van der Waals surface area contributed by atoms with Crippen LogP contribution in [0.5, 0.6) is 5.75 Å². The molecule has 0 bridgehead atoms. The number of rotatable bonds is 20. The maximum Gasteiger partial charge on any atom is 0.407 e. The number of esters is 3. The van der Waals surface area contributed by atoms with Gasteiger partial charge in [0, 0.05) is 27.9 Å². The maximum absolute atomic E-state index is 13.5. The molecule has 3 aromatic rings. The quantitative estimate of drug-likeness (QED) is 0.0817. The second-order valence-electron chi connectivity index (χ2n) is 14.6. The van der Waals surface area contributed by atoms with Crippen molar-refractivity contribution in [2.24, 2.45) is 0 Å². The van der Waals surface area contributed by atoms with Crippen LogP contribution in [0.1, 0.15) is 37.5 Å². The molecular formula is C44H52Cl3NO16. The van der Waals surface area contributed by atoms with Gasteiger partial charge in [0.25, 0.3) is 0 Å². The SMILES string of the molecule is COc1ccc(COC[C@H]2O[C@@H](OC)[C@H](OCc3ccccc3)[C@@H](OCc3ccccc3)[C@@H]2O[C@@H]2O[C@H](COC(C)=O)[C@@H](OC(C)=O)[C@H](OC(C)=O)[C@H]2NC(=O)OCC(Cl)(Cl)Cl)cc1. The third-order valence-electron chi connectivity index (χ3n) is 9.75. The van der Waals surface area contributed by atoms with Gasteiger partial charge >= 0.3 is 24.0 Å². The Morgan fingerprint density at radius 1 is 0.609 bits per heavy atom. The fraction of sp³-hybridized carbons (Fsp3) is 0.500. The summed E-state index contributed by atoms with van der Waals surface area (Å²) in [6.45, 7) is 2.36. The van der Waals surface area contributed by atoms with Gasteiger partial charge in [-0.2, -0.15) is 0 Å². The zero-order chi connectivity index (χ0) is 46.2. The van der Waals surface area contributed by atoms with Gasteiger partial charge in [-0.05, 0) is 28.8 Å². The van der Waals surface area contributed by atoms with E-state index in [1.54, 1.807) is 19.2 Å². The van der Waals surface area contributed by atoms with Gasteiger partial charge in [0.1, 0.15) is 55.5 Å². The first-order chi connectivity index (χ1) is 30.6. The van der Waals surface area contributed by atoms with Gasteiger partial charge in [-0.1, -0.05) is 108 Å².